The molecule has 3 nitrogen and oxygen atoms in total. The molecule has 0 saturated carbocycles. The first-order valence-corrected chi connectivity index (χ1v) is 20.9. The summed E-state index contributed by atoms with van der Waals surface area (Å²) in [6.07, 6.45) is 0. The van der Waals surface area contributed by atoms with E-state index in [1.54, 1.807) is 0 Å². The third-order valence-electron chi connectivity index (χ3n) is 12.6. The molecule has 0 aliphatic heterocycles. The zero-order valence-electron chi connectivity index (χ0n) is 33.2. The second-order valence-electron chi connectivity index (χ2n) is 15.9. The Bertz CT molecular complexity index is 3230. The van der Waals surface area contributed by atoms with Gasteiger partial charge in [0.05, 0.1) is 5.41 Å². The summed E-state index contributed by atoms with van der Waals surface area (Å²) < 4.78 is 0. The monoisotopic (exact) mass is 775 g/mol. The Morgan fingerprint density at radius 2 is 0.607 bits per heavy atom. The van der Waals surface area contributed by atoms with Crippen LogP contribution >= 0.6 is 0 Å². The fraction of sp³-hybridized carbons (Fsp3) is 0.0172. The molecule has 0 unspecified atom stereocenters. The summed E-state index contributed by atoms with van der Waals surface area (Å²) in [6.45, 7) is 0. The van der Waals surface area contributed by atoms with Gasteiger partial charge in [-0.2, -0.15) is 0 Å². The fourth-order valence-corrected chi connectivity index (χ4v) is 9.86. The number of benzene rings is 9. The molecule has 3 heteroatoms. The predicted octanol–water partition coefficient (Wildman–Crippen LogP) is 14.2. The molecule has 0 amide bonds. The van der Waals surface area contributed by atoms with Gasteiger partial charge in [-0.05, 0) is 90.0 Å². The highest BCUT2D eigenvalue weighted by Crippen LogP contribution is 2.63. The molecule has 2 aliphatic rings. The SMILES string of the molecule is c1ccc(-c2nc(-c3cccc(-c4ccc(-c5ccc6c(c5)C5(c7ccccc7-c7ccccc75)c5ccccc5-6)cc4)c3)nc(-c3ccccc3-c3ccccc3)n2)cc1. The van der Waals surface area contributed by atoms with Crippen LogP contribution in [0.4, 0.5) is 0 Å². The van der Waals surface area contributed by atoms with Crippen molar-refractivity contribution in [1.29, 1.82) is 0 Å². The average Bonchev–Trinajstić information content (AvgIpc) is 3.82. The van der Waals surface area contributed by atoms with Crippen LogP contribution in [0.1, 0.15) is 22.3 Å². The Morgan fingerprint density at radius 3 is 1.20 bits per heavy atom. The van der Waals surface area contributed by atoms with Crippen LogP contribution in [0.15, 0.2) is 224 Å². The van der Waals surface area contributed by atoms with Crippen molar-refractivity contribution in [3.05, 3.63) is 247 Å². The summed E-state index contributed by atoms with van der Waals surface area (Å²) in [7, 11) is 0. The quantitative estimate of drug-likeness (QED) is 0.169. The van der Waals surface area contributed by atoms with Gasteiger partial charge in [0.25, 0.3) is 0 Å². The Kier molecular flexibility index (Phi) is 8.07. The lowest BCUT2D eigenvalue weighted by molar-refractivity contribution is 0.794. The largest absolute Gasteiger partial charge is 0.208 e. The van der Waals surface area contributed by atoms with Gasteiger partial charge in [0, 0.05) is 16.7 Å². The minimum atomic E-state index is -0.367. The van der Waals surface area contributed by atoms with E-state index in [0.29, 0.717) is 17.5 Å². The topological polar surface area (TPSA) is 38.7 Å². The molecule has 1 aromatic heterocycles. The van der Waals surface area contributed by atoms with Crippen molar-refractivity contribution in [3.8, 4) is 89.8 Å². The second kappa shape index (κ2) is 14.1. The molecule has 284 valence electrons. The third-order valence-corrected chi connectivity index (χ3v) is 12.6. The van der Waals surface area contributed by atoms with Crippen molar-refractivity contribution in [2.75, 3.05) is 0 Å². The van der Waals surface area contributed by atoms with Crippen LogP contribution in [-0.4, -0.2) is 15.0 Å². The van der Waals surface area contributed by atoms with E-state index < -0.39 is 0 Å². The van der Waals surface area contributed by atoms with Crippen LogP contribution in [0.2, 0.25) is 0 Å². The molecule has 10 aromatic rings. The van der Waals surface area contributed by atoms with Crippen LogP contribution < -0.4 is 0 Å². The molecule has 9 aromatic carbocycles. The van der Waals surface area contributed by atoms with Gasteiger partial charge in [-0.1, -0.05) is 212 Å². The summed E-state index contributed by atoms with van der Waals surface area (Å²) in [5.74, 6) is 1.91. The molecular weight excluding hydrogens is 739 g/mol. The van der Waals surface area contributed by atoms with Gasteiger partial charge >= 0.3 is 0 Å². The first kappa shape index (κ1) is 35.0. The Morgan fingerprint density at radius 1 is 0.213 bits per heavy atom. The molecule has 2 aliphatic carbocycles. The number of hydrogen-bond acceptors (Lipinski definition) is 3. The maximum absolute atomic E-state index is 5.15. The highest BCUT2D eigenvalue weighted by molar-refractivity contribution is 5.96. The van der Waals surface area contributed by atoms with E-state index >= 15 is 0 Å². The number of hydrogen-bond donors (Lipinski definition) is 0. The normalized spacial score (nSPS) is 12.7. The Balaban J connectivity index is 0.930. The summed E-state index contributed by atoms with van der Waals surface area (Å²) >= 11 is 0. The van der Waals surface area contributed by atoms with Crippen LogP contribution in [0, 0.1) is 0 Å². The summed E-state index contributed by atoms with van der Waals surface area (Å²) in [4.78, 5) is 15.3. The van der Waals surface area contributed by atoms with Crippen LogP contribution in [0.5, 0.6) is 0 Å². The lowest BCUT2D eigenvalue weighted by atomic mass is 9.70. The summed E-state index contributed by atoms with van der Waals surface area (Å²) in [5.41, 5.74) is 19.9. The van der Waals surface area contributed by atoms with Crippen molar-refractivity contribution in [1.82, 2.24) is 15.0 Å². The number of aromatic nitrogens is 3. The van der Waals surface area contributed by atoms with Crippen molar-refractivity contribution in [2.24, 2.45) is 0 Å². The minimum Gasteiger partial charge on any atom is -0.208 e. The molecule has 0 fully saturated rings. The molecule has 61 heavy (non-hydrogen) atoms. The average molecular weight is 776 g/mol. The van der Waals surface area contributed by atoms with E-state index in [-0.39, 0.29) is 5.41 Å². The predicted molar refractivity (Wildman–Crippen MR) is 249 cm³/mol. The van der Waals surface area contributed by atoms with Crippen molar-refractivity contribution in [2.45, 2.75) is 5.41 Å². The molecule has 1 spiro atoms. The van der Waals surface area contributed by atoms with Gasteiger partial charge in [-0.3, -0.25) is 0 Å². The van der Waals surface area contributed by atoms with Gasteiger partial charge in [-0.25, -0.2) is 15.0 Å². The van der Waals surface area contributed by atoms with Crippen LogP contribution in [-0.2, 0) is 5.41 Å². The molecule has 0 saturated heterocycles. The van der Waals surface area contributed by atoms with Gasteiger partial charge in [0.2, 0.25) is 0 Å². The maximum atomic E-state index is 5.15. The molecule has 1 heterocycles. The standard InChI is InChI=1S/C58H37N3/c1-3-16-40(17-4-1)45-22-7-8-26-50(45)57-60-55(41-18-5-2-6-19-41)59-56(61-57)44-21-15-20-42(36-44)38-30-32-39(33-31-38)43-34-35-49-48-25-11-14-29-53(48)58(54(49)37-43)51-27-12-9-23-46(51)47-24-10-13-28-52(47)58/h1-37H. The Hall–Kier alpha value is -8.01. The molecule has 0 atom stereocenters. The van der Waals surface area contributed by atoms with E-state index in [2.05, 4.69) is 194 Å². The smallest absolute Gasteiger partial charge is 0.164 e. The number of rotatable bonds is 6. The van der Waals surface area contributed by atoms with Crippen molar-refractivity contribution >= 4 is 0 Å². The van der Waals surface area contributed by atoms with E-state index in [4.69, 9.17) is 15.0 Å². The lowest BCUT2D eigenvalue weighted by Gasteiger charge is -2.30. The highest BCUT2D eigenvalue weighted by atomic mass is 15.0. The van der Waals surface area contributed by atoms with Crippen LogP contribution in [0.25, 0.3) is 89.8 Å². The fourth-order valence-electron chi connectivity index (χ4n) is 9.86. The zero-order valence-corrected chi connectivity index (χ0v) is 33.2. The summed E-state index contributed by atoms with van der Waals surface area (Å²) in [6, 6.07) is 80.4. The van der Waals surface area contributed by atoms with Crippen LogP contribution in [0.3, 0.4) is 0 Å². The van der Waals surface area contributed by atoms with E-state index in [0.717, 1.165) is 38.9 Å². The van der Waals surface area contributed by atoms with Gasteiger partial charge < -0.3 is 0 Å². The third kappa shape index (κ3) is 5.55. The molecule has 0 N–H and O–H groups in total. The van der Waals surface area contributed by atoms with Crippen molar-refractivity contribution in [3.63, 3.8) is 0 Å². The first-order valence-electron chi connectivity index (χ1n) is 20.9. The molecule has 0 bridgehead atoms. The lowest BCUT2D eigenvalue weighted by Crippen LogP contribution is -2.25. The summed E-state index contributed by atoms with van der Waals surface area (Å²) in [5, 5.41) is 0. The maximum Gasteiger partial charge on any atom is 0.164 e. The first-order chi connectivity index (χ1) is 30.2. The molecule has 0 radical (unpaired) electrons. The van der Waals surface area contributed by atoms with Gasteiger partial charge in [-0.15, -0.1) is 0 Å². The van der Waals surface area contributed by atoms with Crippen molar-refractivity contribution < 1.29 is 0 Å². The van der Waals surface area contributed by atoms with E-state index in [1.165, 1.54) is 55.6 Å². The highest BCUT2D eigenvalue weighted by Gasteiger charge is 2.51. The number of fused-ring (bicyclic) bond motifs is 10. The van der Waals surface area contributed by atoms with Gasteiger partial charge in [0.15, 0.2) is 17.5 Å². The zero-order chi connectivity index (χ0) is 40.3. The van der Waals surface area contributed by atoms with E-state index in [1.807, 2.05) is 30.3 Å². The molecule has 12 rings (SSSR count). The minimum absolute atomic E-state index is 0.367. The number of nitrogens with zero attached hydrogens (tertiary/aromatic N) is 3. The van der Waals surface area contributed by atoms with Gasteiger partial charge in [0.1, 0.15) is 0 Å². The molecular formula is C58H37N3. The van der Waals surface area contributed by atoms with E-state index in [9.17, 15) is 0 Å². The second-order valence-corrected chi connectivity index (χ2v) is 15.9. The Labute approximate surface area is 355 Å².